The fraction of sp³-hybridized carbons (Fsp3) is 0.333. The second kappa shape index (κ2) is 12.2. The number of hydrogen-bond donors (Lipinski definition) is 1. The molecule has 1 heterocycles. The summed E-state index contributed by atoms with van der Waals surface area (Å²) in [6.07, 6.45) is 5.19. The smallest absolute Gasteiger partial charge is 0.120 e. The van der Waals surface area contributed by atoms with E-state index in [2.05, 4.69) is 95.9 Å². The minimum Gasteiger partial charge on any atom is -0.489 e. The van der Waals surface area contributed by atoms with Gasteiger partial charge in [-0.05, 0) is 109 Å². The molecule has 0 radical (unpaired) electrons. The Balaban J connectivity index is 1.03. The zero-order chi connectivity index (χ0) is 26.4. The molecule has 1 fully saturated rings. The Morgan fingerprint density at radius 3 is 2.28 bits per heavy atom. The molecule has 3 nitrogen and oxygen atoms in total. The van der Waals surface area contributed by atoms with E-state index in [0.717, 1.165) is 50.2 Å². The van der Waals surface area contributed by atoms with Crippen LogP contribution in [0.5, 0.6) is 5.75 Å². The summed E-state index contributed by atoms with van der Waals surface area (Å²) in [5.41, 5.74) is 7.40. The zero-order valence-corrected chi connectivity index (χ0v) is 22.7. The number of aryl methyl sites for hydroxylation is 1. The molecule has 2 aliphatic rings. The van der Waals surface area contributed by atoms with Crippen LogP contribution in [0.25, 0.3) is 11.1 Å². The highest BCUT2D eigenvalue weighted by Crippen LogP contribution is 2.38. The molecule has 1 saturated heterocycles. The minimum atomic E-state index is -0.386. The number of ether oxygens (including phenoxy) is 1. The van der Waals surface area contributed by atoms with Crippen LogP contribution in [0.1, 0.15) is 60.0 Å². The molecule has 4 aromatic rings. The molecule has 0 spiro atoms. The van der Waals surface area contributed by atoms with Crippen molar-refractivity contribution in [2.75, 3.05) is 19.6 Å². The van der Waals surface area contributed by atoms with E-state index in [0.29, 0.717) is 18.4 Å². The highest BCUT2D eigenvalue weighted by atomic mass is 16.5. The van der Waals surface area contributed by atoms with Gasteiger partial charge in [-0.1, -0.05) is 91.0 Å². The Bertz CT molecular complexity index is 1350. The lowest BCUT2D eigenvalue weighted by Gasteiger charge is -2.35. The van der Waals surface area contributed by atoms with Crippen LogP contribution in [0.3, 0.4) is 0 Å². The van der Waals surface area contributed by atoms with Gasteiger partial charge in [0.1, 0.15) is 12.4 Å². The quantitative estimate of drug-likeness (QED) is 0.259. The Labute approximate surface area is 233 Å². The van der Waals surface area contributed by atoms with Gasteiger partial charge in [-0.2, -0.15) is 0 Å². The summed E-state index contributed by atoms with van der Waals surface area (Å²) in [6, 6.07) is 36.2. The van der Waals surface area contributed by atoms with Crippen molar-refractivity contribution < 1.29 is 9.84 Å². The maximum absolute atomic E-state index is 11.2. The Morgan fingerprint density at radius 1 is 0.769 bits per heavy atom. The number of nitrogens with zero attached hydrogens (tertiary/aromatic N) is 1. The van der Waals surface area contributed by atoms with E-state index in [1.807, 2.05) is 12.1 Å². The summed E-state index contributed by atoms with van der Waals surface area (Å²) in [4.78, 5) is 2.60. The molecule has 0 unspecified atom stereocenters. The fourth-order valence-electron chi connectivity index (χ4n) is 6.50. The van der Waals surface area contributed by atoms with Crippen molar-refractivity contribution in [2.24, 2.45) is 5.92 Å². The second-order valence-corrected chi connectivity index (χ2v) is 11.2. The van der Waals surface area contributed by atoms with Crippen molar-refractivity contribution in [1.29, 1.82) is 0 Å². The molecule has 0 amide bonds. The molecule has 1 N–H and O–H groups in total. The first-order chi connectivity index (χ1) is 19.2. The maximum atomic E-state index is 11.2. The lowest BCUT2D eigenvalue weighted by atomic mass is 9.79. The van der Waals surface area contributed by atoms with Crippen LogP contribution in [0.15, 0.2) is 103 Å². The van der Waals surface area contributed by atoms with Gasteiger partial charge in [-0.3, -0.25) is 0 Å². The van der Waals surface area contributed by atoms with Gasteiger partial charge < -0.3 is 14.7 Å². The molecule has 4 aromatic carbocycles. The van der Waals surface area contributed by atoms with Crippen LogP contribution < -0.4 is 4.74 Å². The van der Waals surface area contributed by atoms with Crippen LogP contribution in [-0.2, 0) is 13.0 Å². The lowest BCUT2D eigenvalue weighted by Crippen LogP contribution is -2.35. The van der Waals surface area contributed by atoms with Gasteiger partial charge in [-0.25, -0.2) is 0 Å². The number of rotatable bonds is 8. The summed E-state index contributed by atoms with van der Waals surface area (Å²) in [6.45, 7) is 3.93. The van der Waals surface area contributed by atoms with Gasteiger partial charge in [0.25, 0.3) is 0 Å². The monoisotopic (exact) mass is 517 g/mol. The molecule has 0 saturated carbocycles. The third-order valence-corrected chi connectivity index (χ3v) is 8.84. The topological polar surface area (TPSA) is 32.7 Å². The molecule has 39 heavy (non-hydrogen) atoms. The highest BCUT2D eigenvalue weighted by molar-refractivity contribution is 5.67. The zero-order valence-electron chi connectivity index (χ0n) is 22.7. The van der Waals surface area contributed by atoms with E-state index in [9.17, 15) is 5.11 Å². The predicted octanol–water partition coefficient (Wildman–Crippen LogP) is 7.80. The number of fused-ring (bicyclic) bond motifs is 1. The third kappa shape index (κ3) is 6.11. The lowest BCUT2D eigenvalue weighted by molar-refractivity contribution is 0.0771. The number of piperidine rings is 1. The van der Waals surface area contributed by atoms with E-state index in [-0.39, 0.29) is 6.10 Å². The standard InChI is InChI=1S/C36H39NO2/c38-36-30(21-24-37-22-19-28(20-23-37)27-9-3-1-4-10-27)15-16-31-25-33(17-18-35(31)36)39-26-32-13-7-8-14-34(32)29-11-5-2-6-12-29/h1-14,17-18,25,28,30,36,38H,15-16,19-24,26H2/t30-,36-/m0/s1. The van der Waals surface area contributed by atoms with Gasteiger partial charge in [-0.15, -0.1) is 0 Å². The molecule has 0 aromatic heterocycles. The number of hydrogen-bond acceptors (Lipinski definition) is 3. The van der Waals surface area contributed by atoms with E-state index < -0.39 is 0 Å². The van der Waals surface area contributed by atoms with Crippen LogP contribution in [0.2, 0.25) is 0 Å². The molecular formula is C36H39NO2. The normalized spacial score (nSPS) is 19.9. The second-order valence-electron chi connectivity index (χ2n) is 11.2. The molecule has 200 valence electrons. The summed E-state index contributed by atoms with van der Waals surface area (Å²) in [7, 11) is 0. The predicted molar refractivity (Wildman–Crippen MR) is 159 cm³/mol. The number of aliphatic hydroxyl groups excluding tert-OH is 1. The highest BCUT2D eigenvalue weighted by Gasteiger charge is 2.29. The summed E-state index contributed by atoms with van der Waals surface area (Å²) in [5.74, 6) is 1.90. The Morgan fingerprint density at radius 2 is 1.49 bits per heavy atom. The summed E-state index contributed by atoms with van der Waals surface area (Å²) in [5, 5.41) is 11.2. The first kappa shape index (κ1) is 25.9. The third-order valence-electron chi connectivity index (χ3n) is 8.84. The first-order valence-electron chi connectivity index (χ1n) is 14.6. The molecule has 0 bridgehead atoms. The minimum absolute atomic E-state index is 0.328. The van der Waals surface area contributed by atoms with Crippen LogP contribution in [-0.4, -0.2) is 29.6 Å². The van der Waals surface area contributed by atoms with Crippen molar-refractivity contribution in [3.05, 3.63) is 125 Å². The molecule has 1 aliphatic carbocycles. The largest absolute Gasteiger partial charge is 0.489 e. The number of likely N-dealkylation sites (tertiary alicyclic amines) is 1. The van der Waals surface area contributed by atoms with Gasteiger partial charge in [0.2, 0.25) is 0 Å². The van der Waals surface area contributed by atoms with E-state index in [1.165, 1.54) is 40.7 Å². The molecule has 2 atom stereocenters. The van der Waals surface area contributed by atoms with Gasteiger partial charge in [0.15, 0.2) is 0 Å². The number of benzene rings is 4. The molecule has 1 aliphatic heterocycles. The van der Waals surface area contributed by atoms with E-state index >= 15 is 0 Å². The Kier molecular flexibility index (Phi) is 8.08. The van der Waals surface area contributed by atoms with Gasteiger partial charge in [0.05, 0.1) is 6.10 Å². The number of aliphatic hydroxyl groups is 1. The van der Waals surface area contributed by atoms with Gasteiger partial charge in [0, 0.05) is 0 Å². The van der Waals surface area contributed by atoms with Crippen molar-refractivity contribution in [1.82, 2.24) is 4.90 Å². The van der Waals surface area contributed by atoms with E-state index in [4.69, 9.17) is 4.74 Å². The van der Waals surface area contributed by atoms with Crippen LogP contribution in [0, 0.1) is 5.92 Å². The molecular weight excluding hydrogens is 478 g/mol. The first-order valence-corrected chi connectivity index (χ1v) is 14.6. The molecule has 6 rings (SSSR count). The van der Waals surface area contributed by atoms with Crippen molar-refractivity contribution in [2.45, 2.75) is 50.7 Å². The summed E-state index contributed by atoms with van der Waals surface area (Å²) >= 11 is 0. The van der Waals surface area contributed by atoms with Crippen molar-refractivity contribution >= 4 is 0 Å². The van der Waals surface area contributed by atoms with Crippen molar-refractivity contribution in [3.63, 3.8) is 0 Å². The molecule has 3 heteroatoms. The average Bonchev–Trinajstić information content (AvgIpc) is 3.01. The SMILES string of the molecule is O[C@@H]1c2ccc(OCc3ccccc3-c3ccccc3)cc2CC[C@H]1CCN1CCC(c2ccccc2)CC1. The van der Waals surface area contributed by atoms with Crippen molar-refractivity contribution in [3.8, 4) is 16.9 Å². The maximum Gasteiger partial charge on any atom is 0.120 e. The Hall–Kier alpha value is -3.40. The average molecular weight is 518 g/mol. The van der Waals surface area contributed by atoms with E-state index in [1.54, 1.807) is 0 Å². The summed E-state index contributed by atoms with van der Waals surface area (Å²) < 4.78 is 6.26. The van der Waals surface area contributed by atoms with Crippen LogP contribution >= 0.6 is 0 Å². The van der Waals surface area contributed by atoms with Gasteiger partial charge >= 0.3 is 0 Å². The fourth-order valence-corrected chi connectivity index (χ4v) is 6.50. The van der Waals surface area contributed by atoms with Crippen LogP contribution in [0.4, 0.5) is 0 Å².